The van der Waals surface area contributed by atoms with Gasteiger partial charge in [0.2, 0.25) is 0 Å². The predicted molar refractivity (Wildman–Crippen MR) is 92.0 cm³/mol. The standard InChI is InChI=1S/C21H20O/c1-15-8-9-20(14-16(15)2)17-10-12-19(13-11-17)21(22)18-6-4-3-5-7-18/h3-10,12,14H,11,13H2,1-2H3. The van der Waals surface area contributed by atoms with Gasteiger partial charge in [-0.05, 0) is 49.0 Å². The Morgan fingerprint density at radius 2 is 1.64 bits per heavy atom. The van der Waals surface area contributed by atoms with Crippen LogP contribution >= 0.6 is 0 Å². The number of ketones is 1. The van der Waals surface area contributed by atoms with E-state index in [9.17, 15) is 4.79 Å². The number of rotatable bonds is 3. The third kappa shape index (κ3) is 2.94. The monoisotopic (exact) mass is 288 g/mol. The van der Waals surface area contributed by atoms with Crippen LogP contribution in [0.2, 0.25) is 0 Å². The summed E-state index contributed by atoms with van der Waals surface area (Å²) in [6, 6.07) is 16.1. The van der Waals surface area contributed by atoms with Crippen molar-refractivity contribution >= 4 is 11.4 Å². The molecule has 0 bridgehead atoms. The minimum Gasteiger partial charge on any atom is -0.289 e. The van der Waals surface area contributed by atoms with Crippen molar-refractivity contribution in [1.29, 1.82) is 0 Å². The Morgan fingerprint density at radius 3 is 2.27 bits per heavy atom. The van der Waals surface area contributed by atoms with E-state index in [-0.39, 0.29) is 5.78 Å². The van der Waals surface area contributed by atoms with Gasteiger partial charge in [0.05, 0.1) is 0 Å². The predicted octanol–water partition coefficient (Wildman–Crippen LogP) is 5.29. The SMILES string of the molecule is Cc1ccc(C2=CC=C(C(=O)c3ccccc3)CC2)cc1C. The molecule has 1 heteroatoms. The van der Waals surface area contributed by atoms with Crippen LogP contribution in [-0.2, 0) is 0 Å². The molecule has 2 aromatic carbocycles. The Balaban J connectivity index is 1.84. The molecular weight excluding hydrogens is 268 g/mol. The van der Waals surface area contributed by atoms with Crippen LogP contribution < -0.4 is 0 Å². The van der Waals surface area contributed by atoms with Crippen molar-refractivity contribution in [1.82, 2.24) is 0 Å². The summed E-state index contributed by atoms with van der Waals surface area (Å²) in [5.41, 5.74) is 6.89. The molecule has 0 radical (unpaired) electrons. The Morgan fingerprint density at radius 1 is 0.864 bits per heavy atom. The fourth-order valence-electron chi connectivity index (χ4n) is 2.78. The summed E-state index contributed by atoms with van der Waals surface area (Å²) < 4.78 is 0. The molecule has 0 spiro atoms. The maximum atomic E-state index is 12.4. The van der Waals surface area contributed by atoms with Gasteiger partial charge in [-0.25, -0.2) is 0 Å². The van der Waals surface area contributed by atoms with Crippen LogP contribution in [-0.4, -0.2) is 5.78 Å². The average Bonchev–Trinajstić information content (AvgIpc) is 2.58. The van der Waals surface area contributed by atoms with Gasteiger partial charge in [0, 0.05) is 11.1 Å². The van der Waals surface area contributed by atoms with Crippen LogP contribution in [0.25, 0.3) is 5.57 Å². The van der Waals surface area contributed by atoms with Crippen molar-refractivity contribution in [2.45, 2.75) is 26.7 Å². The lowest BCUT2D eigenvalue weighted by Gasteiger charge is -2.15. The molecule has 0 atom stereocenters. The molecule has 0 amide bonds. The van der Waals surface area contributed by atoms with Crippen molar-refractivity contribution in [2.24, 2.45) is 0 Å². The van der Waals surface area contributed by atoms with Gasteiger partial charge in [0.15, 0.2) is 5.78 Å². The summed E-state index contributed by atoms with van der Waals surface area (Å²) in [4.78, 5) is 12.4. The first kappa shape index (κ1) is 14.5. The molecule has 22 heavy (non-hydrogen) atoms. The summed E-state index contributed by atoms with van der Waals surface area (Å²) in [7, 11) is 0. The van der Waals surface area contributed by atoms with E-state index in [1.54, 1.807) is 0 Å². The van der Waals surface area contributed by atoms with Gasteiger partial charge >= 0.3 is 0 Å². The number of hydrogen-bond donors (Lipinski definition) is 0. The molecule has 0 N–H and O–H groups in total. The van der Waals surface area contributed by atoms with Crippen molar-refractivity contribution in [2.75, 3.05) is 0 Å². The van der Waals surface area contributed by atoms with Gasteiger partial charge in [0.1, 0.15) is 0 Å². The molecular formula is C21H20O. The minimum absolute atomic E-state index is 0.149. The van der Waals surface area contributed by atoms with E-state index in [0.29, 0.717) is 0 Å². The Kier molecular flexibility index (Phi) is 4.06. The number of aryl methyl sites for hydroxylation is 2. The van der Waals surface area contributed by atoms with Crippen molar-refractivity contribution in [3.8, 4) is 0 Å². The molecule has 0 fully saturated rings. The van der Waals surface area contributed by atoms with Crippen LogP contribution in [0.1, 0.15) is 39.9 Å². The highest BCUT2D eigenvalue weighted by Crippen LogP contribution is 2.29. The van der Waals surface area contributed by atoms with Gasteiger partial charge in [-0.1, -0.05) is 60.7 Å². The molecule has 3 rings (SSSR count). The summed E-state index contributed by atoms with van der Waals surface area (Å²) in [6.07, 6.45) is 5.83. The molecule has 1 nitrogen and oxygen atoms in total. The first-order valence-corrected chi connectivity index (χ1v) is 7.72. The molecule has 0 saturated heterocycles. The molecule has 0 heterocycles. The number of carbonyl (C=O) groups is 1. The topological polar surface area (TPSA) is 17.1 Å². The second-order valence-corrected chi connectivity index (χ2v) is 5.88. The van der Waals surface area contributed by atoms with E-state index in [0.717, 1.165) is 24.0 Å². The van der Waals surface area contributed by atoms with E-state index in [1.165, 1.54) is 22.3 Å². The summed E-state index contributed by atoms with van der Waals surface area (Å²) >= 11 is 0. The summed E-state index contributed by atoms with van der Waals surface area (Å²) in [5, 5.41) is 0. The number of carbonyl (C=O) groups excluding carboxylic acids is 1. The zero-order chi connectivity index (χ0) is 15.5. The second-order valence-electron chi connectivity index (χ2n) is 5.88. The van der Waals surface area contributed by atoms with Crippen LogP contribution in [0.4, 0.5) is 0 Å². The molecule has 2 aromatic rings. The van der Waals surface area contributed by atoms with Crippen LogP contribution in [0.3, 0.4) is 0 Å². The number of hydrogen-bond acceptors (Lipinski definition) is 1. The molecule has 1 aliphatic rings. The first-order valence-electron chi connectivity index (χ1n) is 7.72. The van der Waals surface area contributed by atoms with E-state index >= 15 is 0 Å². The fraction of sp³-hybridized carbons (Fsp3) is 0.190. The highest BCUT2D eigenvalue weighted by Gasteiger charge is 2.15. The molecule has 0 aliphatic heterocycles. The lowest BCUT2D eigenvalue weighted by Crippen LogP contribution is -2.06. The summed E-state index contributed by atoms with van der Waals surface area (Å²) in [6.45, 7) is 4.27. The Labute approximate surface area is 132 Å². The van der Waals surface area contributed by atoms with E-state index in [1.807, 2.05) is 36.4 Å². The first-order chi connectivity index (χ1) is 10.6. The highest BCUT2D eigenvalue weighted by molar-refractivity contribution is 6.09. The molecule has 0 unspecified atom stereocenters. The lowest BCUT2D eigenvalue weighted by molar-refractivity contribution is 0.103. The molecule has 0 aromatic heterocycles. The van der Waals surface area contributed by atoms with Crippen molar-refractivity contribution < 1.29 is 4.79 Å². The van der Waals surface area contributed by atoms with Gasteiger partial charge in [-0.3, -0.25) is 4.79 Å². The summed E-state index contributed by atoms with van der Waals surface area (Å²) in [5.74, 6) is 0.149. The lowest BCUT2D eigenvalue weighted by atomic mass is 9.89. The maximum Gasteiger partial charge on any atom is 0.189 e. The van der Waals surface area contributed by atoms with Crippen LogP contribution in [0.5, 0.6) is 0 Å². The van der Waals surface area contributed by atoms with Crippen molar-refractivity contribution in [3.63, 3.8) is 0 Å². The normalized spacial score (nSPS) is 14.3. The average molecular weight is 288 g/mol. The zero-order valence-corrected chi connectivity index (χ0v) is 13.1. The van der Waals surface area contributed by atoms with E-state index in [2.05, 4.69) is 38.1 Å². The quantitative estimate of drug-likeness (QED) is 0.701. The number of benzene rings is 2. The smallest absolute Gasteiger partial charge is 0.189 e. The zero-order valence-electron chi connectivity index (χ0n) is 13.1. The maximum absolute atomic E-state index is 12.4. The van der Waals surface area contributed by atoms with Crippen LogP contribution in [0, 0.1) is 13.8 Å². The largest absolute Gasteiger partial charge is 0.289 e. The highest BCUT2D eigenvalue weighted by atomic mass is 16.1. The van der Waals surface area contributed by atoms with Gasteiger partial charge in [0.25, 0.3) is 0 Å². The Hall–Kier alpha value is -2.41. The fourth-order valence-corrected chi connectivity index (χ4v) is 2.78. The van der Waals surface area contributed by atoms with E-state index < -0.39 is 0 Å². The van der Waals surface area contributed by atoms with Gasteiger partial charge < -0.3 is 0 Å². The van der Waals surface area contributed by atoms with Gasteiger partial charge in [-0.15, -0.1) is 0 Å². The molecule has 1 aliphatic carbocycles. The van der Waals surface area contributed by atoms with Gasteiger partial charge in [-0.2, -0.15) is 0 Å². The third-order valence-corrected chi connectivity index (χ3v) is 4.35. The molecule has 110 valence electrons. The van der Waals surface area contributed by atoms with Crippen LogP contribution in [0.15, 0.2) is 66.3 Å². The molecule has 0 saturated carbocycles. The third-order valence-electron chi connectivity index (χ3n) is 4.35. The number of Topliss-reactive ketones (excluding diaryl/α,β-unsaturated/α-hetero) is 1. The van der Waals surface area contributed by atoms with E-state index in [4.69, 9.17) is 0 Å². The van der Waals surface area contributed by atoms with Crippen molar-refractivity contribution in [3.05, 3.63) is 88.5 Å². The Bertz CT molecular complexity index is 764. The minimum atomic E-state index is 0.149. The second kappa shape index (κ2) is 6.15. The number of allylic oxidation sites excluding steroid dienone is 4.